The predicted octanol–water partition coefficient (Wildman–Crippen LogP) is 2.09. The highest BCUT2D eigenvalue weighted by Gasteiger charge is 2.30. The van der Waals surface area contributed by atoms with Gasteiger partial charge in [-0.1, -0.05) is 0 Å². The van der Waals surface area contributed by atoms with Gasteiger partial charge in [-0.05, 0) is 58.8 Å². The summed E-state index contributed by atoms with van der Waals surface area (Å²) in [5.41, 5.74) is -0.996. The van der Waals surface area contributed by atoms with Crippen LogP contribution in [0.4, 0.5) is 0 Å². The van der Waals surface area contributed by atoms with E-state index in [2.05, 4.69) is 0 Å². The molecule has 1 aliphatic rings. The lowest BCUT2D eigenvalue weighted by molar-refractivity contribution is -0.0131. The van der Waals surface area contributed by atoms with E-state index in [4.69, 9.17) is 0 Å². The van der Waals surface area contributed by atoms with Crippen LogP contribution in [0.15, 0.2) is 0 Å². The Morgan fingerprint density at radius 1 is 1.31 bits per heavy atom. The first-order chi connectivity index (χ1) is 5.79. The standard InChI is InChI=1S/C11H22O2/c1-10(2,12)8-9-4-6-11(3,13)7-5-9/h9,12-13H,4-8H2,1-3H3. The summed E-state index contributed by atoms with van der Waals surface area (Å²) >= 11 is 0. The molecule has 0 unspecified atom stereocenters. The van der Waals surface area contributed by atoms with Crippen LogP contribution in [0.1, 0.15) is 52.9 Å². The third-order valence-corrected chi connectivity index (χ3v) is 2.97. The molecule has 0 spiro atoms. The van der Waals surface area contributed by atoms with Crippen molar-refractivity contribution in [3.63, 3.8) is 0 Å². The molecule has 2 heteroatoms. The van der Waals surface area contributed by atoms with Gasteiger partial charge in [-0.2, -0.15) is 0 Å². The molecular weight excluding hydrogens is 164 g/mol. The maximum atomic E-state index is 9.73. The molecule has 0 aromatic carbocycles. The van der Waals surface area contributed by atoms with Crippen LogP contribution in [0.25, 0.3) is 0 Å². The highest BCUT2D eigenvalue weighted by Crippen LogP contribution is 2.35. The highest BCUT2D eigenvalue weighted by molar-refractivity contribution is 4.83. The van der Waals surface area contributed by atoms with Gasteiger partial charge >= 0.3 is 0 Å². The van der Waals surface area contributed by atoms with Gasteiger partial charge in [0.15, 0.2) is 0 Å². The van der Waals surface area contributed by atoms with Crippen molar-refractivity contribution in [2.45, 2.75) is 64.1 Å². The highest BCUT2D eigenvalue weighted by atomic mass is 16.3. The van der Waals surface area contributed by atoms with Crippen molar-refractivity contribution >= 4 is 0 Å². The van der Waals surface area contributed by atoms with Gasteiger partial charge in [-0.3, -0.25) is 0 Å². The van der Waals surface area contributed by atoms with Crippen LogP contribution >= 0.6 is 0 Å². The van der Waals surface area contributed by atoms with Crippen molar-refractivity contribution in [2.75, 3.05) is 0 Å². The van der Waals surface area contributed by atoms with Crippen molar-refractivity contribution in [3.8, 4) is 0 Å². The van der Waals surface area contributed by atoms with Crippen LogP contribution in [0.5, 0.6) is 0 Å². The maximum absolute atomic E-state index is 9.73. The van der Waals surface area contributed by atoms with E-state index in [0.29, 0.717) is 5.92 Å². The van der Waals surface area contributed by atoms with Gasteiger partial charge in [-0.15, -0.1) is 0 Å². The molecule has 0 aromatic rings. The largest absolute Gasteiger partial charge is 0.390 e. The SMILES string of the molecule is CC(C)(O)CC1CCC(C)(O)CC1. The molecule has 78 valence electrons. The summed E-state index contributed by atoms with van der Waals surface area (Å²) in [6, 6.07) is 0. The molecule has 1 fully saturated rings. The molecule has 0 radical (unpaired) electrons. The van der Waals surface area contributed by atoms with E-state index in [1.807, 2.05) is 20.8 Å². The predicted molar refractivity (Wildman–Crippen MR) is 53.5 cm³/mol. The van der Waals surface area contributed by atoms with Gasteiger partial charge in [-0.25, -0.2) is 0 Å². The summed E-state index contributed by atoms with van der Waals surface area (Å²) in [5, 5.41) is 19.4. The summed E-state index contributed by atoms with van der Waals surface area (Å²) in [4.78, 5) is 0. The number of hydrogen-bond acceptors (Lipinski definition) is 2. The molecular formula is C11H22O2. The van der Waals surface area contributed by atoms with Crippen molar-refractivity contribution in [2.24, 2.45) is 5.92 Å². The Kier molecular flexibility index (Phi) is 3.03. The molecule has 0 saturated heterocycles. The molecule has 0 atom stereocenters. The lowest BCUT2D eigenvalue weighted by Gasteiger charge is -2.35. The maximum Gasteiger partial charge on any atom is 0.0620 e. The smallest absolute Gasteiger partial charge is 0.0620 e. The molecule has 0 amide bonds. The number of hydrogen-bond donors (Lipinski definition) is 2. The number of aliphatic hydroxyl groups is 2. The summed E-state index contributed by atoms with van der Waals surface area (Å²) in [5.74, 6) is 0.597. The molecule has 2 nitrogen and oxygen atoms in total. The zero-order chi connectivity index (χ0) is 10.1. The first kappa shape index (κ1) is 11.0. The third-order valence-electron chi connectivity index (χ3n) is 2.97. The van der Waals surface area contributed by atoms with Crippen molar-refractivity contribution in [1.82, 2.24) is 0 Å². The van der Waals surface area contributed by atoms with Gasteiger partial charge < -0.3 is 10.2 Å². The fraction of sp³-hybridized carbons (Fsp3) is 1.00. The lowest BCUT2D eigenvalue weighted by atomic mass is 9.76. The van der Waals surface area contributed by atoms with Crippen molar-refractivity contribution in [1.29, 1.82) is 0 Å². The van der Waals surface area contributed by atoms with E-state index in [9.17, 15) is 10.2 Å². The van der Waals surface area contributed by atoms with Gasteiger partial charge in [0.25, 0.3) is 0 Å². The molecule has 13 heavy (non-hydrogen) atoms. The average molecular weight is 186 g/mol. The monoisotopic (exact) mass is 186 g/mol. The zero-order valence-electron chi connectivity index (χ0n) is 9.01. The minimum Gasteiger partial charge on any atom is -0.390 e. The van der Waals surface area contributed by atoms with Gasteiger partial charge in [0, 0.05) is 0 Å². The minimum atomic E-state index is -0.548. The summed E-state index contributed by atoms with van der Waals surface area (Å²) in [6.07, 6.45) is 4.73. The van der Waals surface area contributed by atoms with Crippen LogP contribution in [0.2, 0.25) is 0 Å². The summed E-state index contributed by atoms with van der Waals surface area (Å²) in [6.45, 7) is 5.63. The fourth-order valence-electron chi connectivity index (χ4n) is 2.21. The second kappa shape index (κ2) is 3.58. The molecule has 1 aliphatic carbocycles. The van der Waals surface area contributed by atoms with E-state index < -0.39 is 11.2 Å². The Hall–Kier alpha value is -0.0800. The first-order valence-electron chi connectivity index (χ1n) is 5.23. The molecule has 1 rings (SSSR count). The number of rotatable bonds is 2. The zero-order valence-corrected chi connectivity index (χ0v) is 9.01. The average Bonchev–Trinajstić information content (AvgIpc) is 1.91. The molecule has 1 saturated carbocycles. The summed E-state index contributed by atoms with van der Waals surface area (Å²) < 4.78 is 0. The van der Waals surface area contributed by atoms with E-state index in [1.54, 1.807) is 0 Å². The Bertz CT molecular complexity index is 157. The molecule has 0 bridgehead atoms. The Morgan fingerprint density at radius 2 is 1.77 bits per heavy atom. The topological polar surface area (TPSA) is 40.5 Å². The van der Waals surface area contributed by atoms with Crippen LogP contribution < -0.4 is 0 Å². The molecule has 0 heterocycles. The van der Waals surface area contributed by atoms with E-state index >= 15 is 0 Å². The van der Waals surface area contributed by atoms with E-state index in [0.717, 1.165) is 32.1 Å². The first-order valence-corrected chi connectivity index (χ1v) is 5.23. The van der Waals surface area contributed by atoms with Gasteiger partial charge in [0.2, 0.25) is 0 Å². The minimum absolute atomic E-state index is 0.448. The van der Waals surface area contributed by atoms with Crippen molar-refractivity contribution in [3.05, 3.63) is 0 Å². The fourth-order valence-corrected chi connectivity index (χ4v) is 2.21. The summed E-state index contributed by atoms with van der Waals surface area (Å²) in [7, 11) is 0. The van der Waals surface area contributed by atoms with E-state index in [1.165, 1.54) is 0 Å². The molecule has 2 N–H and O–H groups in total. The van der Waals surface area contributed by atoms with E-state index in [-0.39, 0.29) is 0 Å². The lowest BCUT2D eigenvalue weighted by Crippen LogP contribution is -2.33. The van der Waals surface area contributed by atoms with Crippen LogP contribution in [-0.2, 0) is 0 Å². The van der Waals surface area contributed by atoms with Crippen LogP contribution in [-0.4, -0.2) is 21.4 Å². The van der Waals surface area contributed by atoms with Crippen LogP contribution in [0.3, 0.4) is 0 Å². The molecule has 0 aliphatic heterocycles. The Morgan fingerprint density at radius 3 is 2.15 bits per heavy atom. The Balaban J connectivity index is 2.34. The quantitative estimate of drug-likeness (QED) is 0.693. The van der Waals surface area contributed by atoms with Gasteiger partial charge in [0.1, 0.15) is 0 Å². The molecule has 0 aromatic heterocycles. The second-order valence-electron chi connectivity index (χ2n) is 5.46. The third kappa shape index (κ3) is 4.10. The second-order valence-corrected chi connectivity index (χ2v) is 5.46. The van der Waals surface area contributed by atoms with Gasteiger partial charge in [0.05, 0.1) is 11.2 Å². The normalized spacial score (nSPS) is 36.2. The van der Waals surface area contributed by atoms with Crippen molar-refractivity contribution < 1.29 is 10.2 Å². The Labute approximate surface area is 81.0 Å². The van der Waals surface area contributed by atoms with Crippen LogP contribution in [0, 0.1) is 5.92 Å².